The SMILES string of the molecule is CN1CCC(C(=O)CCCCCC(=O)N2CCC(O)(Cn3cnc4cc(Cl)ccc4c3=O)CC2)C1. The first-order chi connectivity index (χ1) is 16.7. The molecule has 1 amide bonds. The molecule has 2 aliphatic heterocycles. The molecule has 0 saturated carbocycles. The highest BCUT2D eigenvalue weighted by molar-refractivity contribution is 6.31. The van der Waals surface area contributed by atoms with Crippen LogP contribution < -0.4 is 5.56 Å². The first-order valence-electron chi connectivity index (χ1n) is 12.6. The zero-order valence-corrected chi connectivity index (χ0v) is 21.2. The monoisotopic (exact) mass is 502 g/mol. The van der Waals surface area contributed by atoms with E-state index in [1.54, 1.807) is 23.1 Å². The van der Waals surface area contributed by atoms with Crippen molar-refractivity contribution in [1.82, 2.24) is 19.4 Å². The summed E-state index contributed by atoms with van der Waals surface area (Å²) in [6, 6.07) is 4.95. The van der Waals surface area contributed by atoms with E-state index >= 15 is 0 Å². The molecule has 2 fully saturated rings. The van der Waals surface area contributed by atoms with E-state index in [1.807, 2.05) is 0 Å². The molecule has 3 heterocycles. The molecule has 9 heteroatoms. The number of fused-ring (bicyclic) bond motifs is 1. The Labute approximate surface area is 210 Å². The number of carbonyl (C=O) groups is 2. The topological polar surface area (TPSA) is 95.7 Å². The standard InChI is InChI=1S/C26H35ClN4O4/c1-29-12-9-19(16-29)23(32)5-3-2-4-6-24(33)30-13-10-26(35,11-14-30)17-31-18-28-22-15-20(27)7-8-21(22)25(31)34/h7-8,15,18-19,35H,2-6,9-14,16-17H2,1H3. The van der Waals surface area contributed by atoms with E-state index in [9.17, 15) is 19.5 Å². The van der Waals surface area contributed by atoms with Crippen molar-refractivity contribution in [2.75, 3.05) is 33.2 Å². The fourth-order valence-electron chi connectivity index (χ4n) is 5.20. The van der Waals surface area contributed by atoms with Crippen LogP contribution in [-0.4, -0.2) is 75.0 Å². The molecule has 0 bridgehead atoms. The number of Topliss-reactive ketones (excluding diaryl/α,β-unsaturated/α-hetero) is 1. The largest absolute Gasteiger partial charge is 0.388 e. The van der Waals surface area contributed by atoms with E-state index < -0.39 is 5.60 Å². The van der Waals surface area contributed by atoms with Gasteiger partial charge in [-0.3, -0.25) is 19.0 Å². The number of likely N-dealkylation sites (tertiary alicyclic amines) is 2. The van der Waals surface area contributed by atoms with Crippen LogP contribution in [0.4, 0.5) is 0 Å². The quantitative estimate of drug-likeness (QED) is 0.530. The highest BCUT2D eigenvalue weighted by Gasteiger charge is 2.34. The van der Waals surface area contributed by atoms with E-state index in [0.717, 1.165) is 38.8 Å². The Morgan fingerprint density at radius 1 is 1.14 bits per heavy atom. The summed E-state index contributed by atoms with van der Waals surface area (Å²) < 4.78 is 1.44. The number of benzene rings is 1. The van der Waals surface area contributed by atoms with Crippen LogP contribution in [0.2, 0.25) is 5.02 Å². The predicted octanol–water partition coefficient (Wildman–Crippen LogP) is 2.87. The molecular formula is C26H35ClN4O4. The third-order valence-electron chi connectivity index (χ3n) is 7.46. The van der Waals surface area contributed by atoms with Crippen molar-refractivity contribution in [3.8, 4) is 0 Å². The van der Waals surface area contributed by atoms with Crippen LogP contribution in [0.15, 0.2) is 29.3 Å². The lowest BCUT2D eigenvalue weighted by molar-refractivity contribution is -0.136. The summed E-state index contributed by atoms with van der Waals surface area (Å²) >= 11 is 5.98. The van der Waals surface area contributed by atoms with Gasteiger partial charge in [0.05, 0.1) is 29.4 Å². The maximum atomic E-state index is 12.8. The second kappa shape index (κ2) is 11.2. The lowest BCUT2D eigenvalue weighted by atomic mass is 9.91. The van der Waals surface area contributed by atoms with Crippen LogP contribution in [0.3, 0.4) is 0 Å². The summed E-state index contributed by atoms with van der Waals surface area (Å²) in [4.78, 5) is 46.0. The first kappa shape index (κ1) is 25.8. The van der Waals surface area contributed by atoms with Crippen molar-refractivity contribution in [2.24, 2.45) is 5.92 Å². The zero-order valence-electron chi connectivity index (χ0n) is 20.4. The van der Waals surface area contributed by atoms with Crippen molar-refractivity contribution in [2.45, 2.75) is 63.5 Å². The van der Waals surface area contributed by atoms with Crippen molar-refractivity contribution >= 4 is 34.2 Å². The molecule has 1 N–H and O–H groups in total. The van der Waals surface area contributed by atoms with Gasteiger partial charge >= 0.3 is 0 Å². The van der Waals surface area contributed by atoms with Gasteiger partial charge in [0.15, 0.2) is 0 Å². The molecule has 0 spiro atoms. The van der Waals surface area contributed by atoms with Gasteiger partial charge < -0.3 is 14.9 Å². The third-order valence-corrected chi connectivity index (χ3v) is 7.69. The number of nitrogens with zero attached hydrogens (tertiary/aromatic N) is 4. The van der Waals surface area contributed by atoms with Gasteiger partial charge in [-0.2, -0.15) is 0 Å². The lowest BCUT2D eigenvalue weighted by Crippen LogP contribution is -2.49. The predicted molar refractivity (Wildman–Crippen MR) is 135 cm³/mol. The van der Waals surface area contributed by atoms with Crippen LogP contribution in [0.25, 0.3) is 10.9 Å². The van der Waals surface area contributed by atoms with Gasteiger partial charge in [-0.15, -0.1) is 0 Å². The molecular weight excluding hydrogens is 468 g/mol. The van der Waals surface area contributed by atoms with Crippen LogP contribution in [0.1, 0.15) is 51.4 Å². The molecule has 35 heavy (non-hydrogen) atoms. The molecule has 0 radical (unpaired) electrons. The van der Waals surface area contributed by atoms with Gasteiger partial charge in [0.1, 0.15) is 5.78 Å². The number of rotatable bonds is 9. The maximum Gasteiger partial charge on any atom is 0.261 e. The summed E-state index contributed by atoms with van der Waals surface area (Å²) in [7, 11) is 2.05. The molecule has 0 aliphatic carbocycles. The third kappa shape index (κ3) is 6.48. The number of amides is 1. The van der Waals surface area contributed by atoms with E-state index in [2.05, 4.69) is 16.9 Å². The Kier molecular flexibility index (Phi) is 8.24. The number of piperidine rings is 1. The lowest BCUT2D eigenvalue weighted by Gasteiger charge is -2.38. The van der Waals surface area contributed by atoms with Crippen LogP contribution in [0.5, 0.6) is 0 Å². The second-order valence-electron chi connectivity index (χ2n) is 10.2. The average molecular weight is 503 g/mol. The highest BCUT2D eigenvalue weighted by atomic mass is 35.5. The van der Waals surface area contributed by atoms with Gasteiger partial charge in [0, 0.05) is 43.4 Å². The molecule has 1 aromatic heterocycles. The Morgan fingerprint density at radius 3 is 2.60 bits per heavy atom. The minimum atomic E-state index is -1.06. The Morgan fingerprint density at radius 2 is 1.89 bits per heavy atom. The minimum Gasteiger partial charge on any atom is -0.388 e. The second-order valence-corrected chi connectivity index (χ2v) is 10.7. The number of hydrogen-bond acceptors (Lipinski definition) is 6. The average Bonchev–Trinajstić information content (AvgIpc) is 3.27. The molecule has 1 aromatic carbocycles. The molecule has 1 atom stereocenters. The van der Waals surface area contributed by atoms with Crippen molar-refractivity contribution < 1.29 is 14.7 Å². The van der Waals surface area contributed by atoms with Gasteiger partial charge in [0.2, 0.25) is 5.91 Å². The number of unbranched alkanes of at least 4 members (excludes halogenated alkanes) is 2. The van der Waals surface area contributed by atoms with Crippen LogP contribution in [-0.2, 0) is 16.1 Å². The summed E-state index contributed by atoms with van der Waals surface area (Å²) in [6.45, 7) is 2.95. The number of carbonyl (C=O) groups excluding carboxylic acids is 2. The molecule has 1 unspecified atom stereocenters. The maximum absolute atomic E-state index is 12.8. The number of aromatic nitrogens is 2. The van der Waals surface area contributed by atoms with Gasteiger partial charge in [0.25, 0.3) is 5.56 Å². The first-order valence-corrected chi connectivity index (χ1v) is 13.0. The fourth-order valence-corrected chi connectivity index (χ4v) is 5.37. The Balaban J connectivity index is 1.19. The van der Waals surface area contributed by atoms with Gasteiger partial charge in [-0.25, -0.2) is 4.98 Å². The normalized spacial score (nSPS) is 20.4. The van der Waals surface area contributed by atoms with Gasteiger partial charge in [-0.05, 0) is 63.9 Å². The summed E-state index contributed by atoms with van der Waals surface area (Å²) in [5.41, 5.74) is -0.740. The molecule has 2 saturated heterocycles. The number of aliphatic hydroxyl groups is 1. The number of hydrogen-bond donors (Lipinski definition) is 1. The van der Waals surface area contributed by atoms with Gasteiger partial charge in [-0.1, -0.05) is 18.0 Å². The van der Waals surface area contributed by atoms with E-state index in [0.29, 0.717) is 60.5 Å². The summed E-state index contributed by atoms with van der Waals surface area (Å²) in [5, 5.41) is 12.1. The minimum absolute atomic E-state index is 0.0946. The summed E-state index contributed by atoms with van der Waals surface area (Å²) in [5.74, 6) is 0.645. The zero-order chi connectivity index (χ0) is 25.0. The molecule has 2 aliphatic rings. The van der Waals surface area contributed by atoms with Crippen LogP contribution in [0, 0.1) is 5.92 Å². The Hall–Kier alpha value is -2.29. The number of ketones is 1. The van der Waals surface area contributed by atoms with Crippen molar-refractivity contribution in [3.63, 3.8) is 0 Å². The van der Waals surface area contributed by atoms with E-state index in [4.69, 9.17) is 11.6 Å². The van der Waals surface area contributed by atoms with E-state index in [1.165, 1.54) is 10.9 Å². The Bertz CT molecular complexity index is 1130. The van der Waals surface area contributed by atoms with E-state index in [-0.39, 0.29) is 23.9 Å². The van der Waals surface area contributed by atoms with Crippen molar-refractivity contribution in [3.05, 3.63) is 39.9 Å². The number of halogens is 1. The molecule has 2 aromatic rings. The molecule has 8 nitrogen and oxygen atoms in total. The van der Waals surface area contributed by atoms with Crippen LogP contribution >= 0.6 is 11.6 Å². The van der Waals surface area contributed by atoms with Crippen molar-refractivity contribution in [1.29, 1.82) is 0 Å². The smallest absolute Gasteiger partial charge is 0.261 e. The molecule has 4 rings (SSSR count). The highest BCUT2D eigenvalue weighted by Crippen LogP contribution is 2.25. The molecule has 190 valence electrons. The summed E-state index contributed by atoms with van der Waals surface area (Å²) in [6.07, 6.45) is 6.81. The fraction of sp³-hybridized carbons (Fsp3) is 0.615.